The minimum absolute atomic E-state index is 0.263. The lowest BCUT2D eigenvalue weighted by Crippen LogP contribution is -2.67. The van der Waals surface area contributed by atoms with Gasteiger partial charge in [-0.3, -0.25) is 15.1 Å². The van der Waals surface area contributed by atoms with Crippen LogP contribution in [0.2, 0.25) is 0 Å². The first-order chi connectivity index (χ1) is 7.21. The predicted molar refractivity (Wildman–Crippen MR) is 62.2 cm³/mol. The number of likely N-dealkylation sites (tertiary alicyclic amines) is 1. The highest BCUT2D eigenvalue weighted by Gasteiger charge is 2.32. The van der Waals surface area contributed by atoms with E-state index in [0.29, 0.717) is 0 Å². The van der Waals surface area contributed by atoms with Crippen molar-refractivity contribution < 1.29 is 0 Å². The number of hydrogen-bond donors (Lipinski definition) is 2. The number of hydrogen-bond acceptors (Lipinski definition) is 4. The van der Waals surface area contributed by atoms with Gasteiger partial charge in [0.15, 0.2) is 0 Å². The van der Waals surface area contributed by atoms with Gasteiger partial charge < -0.3 is 5.73 Å². The predicted octanol–water partition coefficient (Wildman–Crippen LogP) is 0.358. The van der Waals surface area contributed by atoms with Crippen molar-refractivity contribution in [2.24, 2.45) is 5.73 Å². The van der Waals surface area contributed by atoms with E-state index in [1.165, 1.54) is 38.8 Å². The molecular weight excluding hydrogens is 188 g/mol. The van der Waals surface area contributed by atoms with E-state index in [1.54, 1.807) is 0 Å². The van der Waals surface area contributed by atoms with Crippen molar-refractivity contribution in [3.63, 3.8) is 0 Å². The average molecular weight is 212 g/mol. The van der Waals surface area contributed by atoms with Crippen molar-refractivity contribution >= 4 is 0 Å². The molecule has 2 saturated heterocycles. The van der Waals surface area contributed by atoms with Crippen molar-refractivity contribution in [3.05, 3.63) is 0 Å². The molecule has 0 aliphatic carbocycles. The molecule has 15 heavy (non-hydrogen) atoms. The second kappa shape index (κ2) is 4.78. The lowest BCUT2D eigenvalue weighted by atomic mass is 10.1. The van der Waals surface area contributed by atoms with E-state index in [9.17, 15) is 0 Å². The highest BCUT2D eigenvalue weighted by Crippen LogP contribution is 2.18. The summed E-state index contributed by atoms with van der Waals surface area (Å²) in [5, 5.41) is 3.45. The van der Waals surface area contributed by atoms with Gasteiger partial charge in [0, 0.05) is 0 Å². The Morgan fingerprint density at radius 3 is 2.60 bits per heavy atom. The Morgan fingerprint density at radius 1 is 1.27 bits per heavy atom. The summed E-state index contributed by atoms with van der Waals surface area (Å²) < 4.78 is 0. The smallest absolute Gasteiger partial charge is 0.124 e. The quantitative estimate of drug-likeness (QED) is 0.663. The molecule has 0 aromatic rings. The van der Waals surface area contributed by atoms with Gasteiger partial charge in [-0.15, -0.1) is 0 Å². The van der Waals surface area contributed by atoms with Crippen LogP contribution in [0.15, 0.2) is 0 Å². The Kier molecular flexibility index (Phi) is 3.61. The third-order valence-corrected chi connectivity index (χ3v) is 3.71. The van der Waals surface area contributed by atoms with E-state index in [2.05, 4.69) is 22.2 Å². The molecule has 2 aliphatic heterocycles. The maximum Gasteiger partial charge on any atom is 0.124 e. The summed E-state index contributed by atoms with van der Waals surface area (Å²) in [4.78, 5) is 4.77. The van der Waals surface area contributed by atoms with Crippen molar-refractivity contribution in [1.82, 2.24) is 15.1 Å². The fraction of sp³-hybridized carbons (Fsp3) is 1.00. The van der Waals surface area contributed by atoms with E-state index in [0.717, 1.165) is 19.6 Å². The Balaban J connectivity index is 1.84. The van der Waals surface area contributed by atoms with Gasteiger partial charge in [-0.05, 0) is 58.8 Å². The van der Waals surface area contributed by atoms with E-state index in [1.807, 2.05) is 0 Å². The van der Waals surface area contributed by atoms with Crippen molar-refractivity contribution in [2.75, 3.05) is 33.4 Å². The highest BCUT2D eigenvalue weighted by atomic mass is 15.4. The second-order valence-electron chi connectivity index (χ2n) is 4.97. The molecule has 0 aromatic heterocycles. The van der Waals surface area contributed by atoms with Gasteiger partial charge in [-0.25, -0.2) is 0 Å². The SMILES string of the molecule is CN(CN1CCCC1)C1(N)CCCCN1. The van der Waals surface area contributed by atoms with Crippen molar-refractivity contribution in [3.8, 4) is 0 Å². The number of piperidine rings is 1. The molecule has 0 aromatic carbocycles. The van der Waals surface area contributed by atoms with Crippen LogP contribution in [0.3, 0.4) is 0 Å². The molecule has 4 heteroatoms. The molecule has 0 radical (unpaired) electrons. The molecule has 88 valence electrons. The molecule has 0 spiro atoms. The second-order valence-corrected chi connectivity index (χ2v) is 4.97. The summed E-state index contributed by atoms with van der Waals surface area (Å²) in [6.45, 7) is 4.53. The molecule has 2 heterocycles. The van der Waals surface area contributed by atoms with E-state index in [4.69, 9.17) is 5.73 Å². The standard InChI is InChI=1S/C11H24N4/c1-14(10-15-8-4-5-9-15)11(12)6-2-3-7-13-11/h13H,2-10,12H2,1H3. The van der Waals surface area contributed by atoms with Gasteiger partial charge in [0.05, 0.1) is 6.67 Å². The summed E-state index contributed by atoms with van der Waals surface area (Å²) in [7, 11) is 2.14. The zero-order valence-corrected chi connectivity index (χ0v) is 9.84. The highest BCUT2D eigenvalue weighted by molar-refractivity contribution is 4.84. The maximum atomic E-state index is 6.37. The Labute approximate surface area is 92.8 Å². The first-order valence-electron chi connectivity index (χ1n) is 6.18. The minimum Gasteiger partial charge on any atom is -0.301 e. The molecule has 0 bridgehead atoms. The number of rotatable bonds is 3. The molecule has 3 N–H and O–H groups in total. The fourth-order valence-electron chi connectivity index (χ4n) is 2.59. The summed E-state index contributed by atoms with van der Waals surface area (Å²) >= 11 is 0. The van der Waals surface area contributed by atoms with E-state index < -0.39 is 0 Å². The van der Waals surface area contributed by atoms with Gasteiger partial charge in [0.1, 0.15) is 5.79 Å². The van der Waals surface area contributed by atoms with Crippen molar-refractivity contribution in [2.45, 2.75) is 37.9 Å². The topological polar surface area (TPSA) is 44.5 Å². The molecule has 1 unspecified atom stereocenters. The normalized spacial score (nSPS) is 33.8. The molecule has 4 nitrogen and oxygen atoms in total. The van der Waals surface area contributed by atoms with Crippen LogP contribution in [0.5, 0.6) is 0 Å². The lowest BCUT2D eigenvalue weighted by molar-refractivity contribution is 0.0175. The van der Waals surface area contributed by atoms with Crippen LogP contribution < -0.4 is 11.1 Å². The third-order valence-electron chi connectivity index (χ3n) is 3.71. The van der Waals surface area contributed by atoms with Crippen LogP contribution in [0.4, 0.5) is 0 Å². The molecule has 2 aliphatic rings. The lowest BCUT2D eigenvalue weighted by Gasteiger charge is -2.43. The summed E-state index contributed by atoms with van der Waals surface area (Å²) in [6.07, 6.45) is 6.26. The summed E-state index contributed by atoms with van der Waals surface area (Å²) in [5.74, 6) is -0.263. The molecule has 2 fully saturated rings. The summed E-state index contributed by atoms with van der Waals surface area (Å²) in [6, 6.07) is 0. The van der Waals surface area contributed by atoms with Crippen LogP contribution in [0, 0.1) is 0 Å². The number of nitrogens with two attached hydrogens (primary N) is 1. The fourth-order valence-corrected chi connectivity index (χ4v) is 2.59. The molecular formula is C11H24N4. The summed E-state index contributed by atoms with van der Waals surface area (Å²) in [5.41, 5.74) is 6.37. The van der Waals surface area contributed by atoms with Crippen LogP contribution >= 0.6 is 0 Å². The largest absolute Gasteiger partial charge is 0.301 e. The van der Waals surface area contributed by atoms with Crippen LogP contribution in [0.1, 0.15) is 32.1 Å². The van der Waals surface area contributed by atoms with Crippen LogP contribution in [-0.4, -0.2) is 48.9 Å². The Morgan fingerprint density at radius 2 is 2.00 bits per heavy atom. The molecule has 1 atom stereocenters. The van der Waals surface area contributed by atoms with Gasteiger partial charge >= 0.3 is 0 Å². The molecule has 0 saturated carbocycles. The average Bonchev–Trinajstić information content (AvgIpc) is 2.71. The first kappa shape index (κ1) is 11.3. The maximum absolute atomic E-state index is 6.37. The van der Waals surface area contributed by atoms with Gasteiger partial charge in [-0.1, -0.05) is 0 Å². The molecule has 0 amide bonds. The molecule has 2 rings (SSSR count). The van der Waals surface area contributed by atoms with Gasteiger partial charge in [-0.2, -0.15) is 0 Å². The Bertz CT molecular complexity index is 195. The van der Waals surface area contributed by atoms with E-state index >= 15 is 0 Å². The van der Waals surface area contributed by atoms with Gasteiger partial charge in [0.25, 0.3) is 0 Å². The number of nitrogens with one attached hydrogen (secondary N) is 1. The Hall–Kier alpha value is -0.160. The number of nitrogens with zero attached hydrogens (tertiary/aromatic N) is 2. The zero-order valence-electron chi connectivity index (χ0n) is 9.84. The van der Waals surface area contributed by atoms with E-state index in [-0.39, 0.29) is 5.79 Å². The van der Waals surface area contributed by atoms with Crippen LogP contribution in [0.25, 0.3) is 0 Å². The van der Waals surface area contributed by atoms with Crippen LogP contribution in [-0.2, 0) is 0 Å². The minimum atomic E-state index is -0.263. The van der Waals surface area contributed by atoms with Crippen molar-refractivity contribution in [1.29, 1.82) is 0 Å². The monoisotopic (exact) mass is 212 g/mol. The first-order valence-corrected chi connectivity index (χ1v) is 6.18. The third kappa shape index (κ3) is 2.69. The zero-order chi connectivity index (χ0) is 10.7. The van der Waals surface area contributed by atoms with Gasteiger partial charge in [0.2, 0.25) is 0 Å².